The number of allylic oxidation sites excluding steroid dienone is 4. The first-order valence-electron chi connectivity index (χ1n) is 12.5. The van der Waals surface area contributed by atoms with E-state index in [1.54, 1.807) is 11.9 Å². The highest BCUT2D eigenvalue weighted by molar-refractivity contribution is 5.93. The molecule has 0 saturated heterocycles. The van der Waals surface area contributed by atoms with Gasteiger partial charge in [-0.3, -0.25) is 9.59 Å². The largest absolute Gasteiger partial charge is 0.480 e. The second-order valence-corrected chi connectivity index (χ2v) is 10.6. The maximum atomic E-state index is 12.1. The number of carbonyl (C=O) groups is 2. The Balaban J connectivity index is 1.56. The molecule has 5 rings (SSSR count). The van der Waals surface area contributed by atoms with E-state index < -0.39 is 11.6 Å². The molecule has 4 aliphatic carbocycles. The Morgan fingerprint density at radius 3 is 2.68 bits per heavy atom. The van der Waals surface area contributed by atoms with E-state index in [0.29, 0.717) is 24.7 Å². The highest BCUT2D eigenvalue weighted by Crippen LogP contribution is 2.61. The average Bonchev–Trinajstić information content (AvgIpc) is 3.14. The van der Waals surface area contributed by atoms with Gasteiger partial charge in [-0.2, -0.15) is 0 Å². The lowest BCUT2D eigenvalue weighted by atomic mass is 9.57. The standard InChI is InChI=1S/C29H33NO4/c1-3-13-29(34)14-12-23-24-10-6-19-15-21(31)9-11-22(19)28(24)25(16-26(23)29)18-4-7-20(8-5-18)30(2)17-27(32)33/h1,4-5,7-8,15,23-26,34H,6,9-14,16-17H2,2H3,(H,32,33)/t23?,24?,25?,26?,29-/m0/s1. The molecule has 0 heterocycles. The Morgan fingerprint density at radius 1 is 1.21 bits per heavy atom. The molecule has 0 bridgehead atoms. The van der Waals surface area contributed by atoms with E-state index in [4.69, 9.17) is 11.5 Å². The lowest BCUT2D eigenvalue weighted by molar-refractivity contribution is -0.135. The molecule has 0 aliphatic heterocycles. The fourth-order valence-electron chi connectivity index (χ4n) is 7.34. The van der Waals surface area contributed by atoms with Crippen LogP contribution in [0.25, 0.3) is 0 Å². The van der Waals surface area contributed by atoms with Crippen LogP contribution < -0.4 is 4.90 Å². The minimum atomic E-state index is -0.859. The van der Waals surface area contributed by atoms with Gasteiger partial charge in [0.1, 0.15) is 6.54 Å². The van der Waals surface area contributed by atoms with Crippen LogP contribution in [0.4, 0.5) is 5.69 Å². The normalized spacial score (nSPS) is 32.3. The summed E-state index contributed by atoms with van der Waals surface area (Å²) in [6.45, 7) is -0.0504. The number of benzene rings is 1. The van der Waals surface area contributed by atoms with Gasteiger partial charge in [-0.15, -0.1) is 12.3 Å². The molecular weight excluding hydrogens is 426 g/mol. The van der Waals surface area contributed by atoms with Crippen LogP contribution >= 0.6 is 0 Å². The molecule has 178 valence electrons. The summed E-state index contributed by atoms with van der Waals surface area (Å²) in [5, 5.41) is 20.7. The molecule has 0 amide bonds. The first-order chi connectivity index (χ1) is 16.3. The van der Waals surface area contributed by atoms with E-state index in [2.05, 4.69) is 18.1 Å². The number of carboxylic acids is 1. The van der Waals surface area contributed by atoms with Gasteiger partial charge in [0.25, 0.3) is 0 Å². The molecule has 1 aromatic rings. The van der Waals surface area contributed by atoms with Crippen LogP contribution in [0.5, 0.6) is 0 Å². The summed E-state index contributed by atoms with van der Waals surface area (Å²) in [5.41, 5.74) is 5.37. The van der Waals surface area contributed by atoms with Gasteiger partial charge in [-0.1, -0.05) is 17.7 Å². The second kappa shape index (κ2) is 8.74. The number of aliphatic carboxylic acids is 1. The summed E-state index contributed by atoms with van der Waals surface area (Å²) in [7, 11) is 1.78. The van der Waals surface area contributed by atoms with Gasteiger partial charge < -0.3 is 15.1 Å². The van der Waals surface area contributed by atoms with Gasteiger partial charge in [0.2, 0.25) is 0 Å². The first kappa shape index (κ1) is 22.9. The van der Waals surface area contributed by atoms with Gasteiger partial charge in [-0.25, -0.2) is 0 Å². The number of carboxylic acid groups (broad SMARTS) is 1. The average molecular weight is 460 g/mol. The number of hydrogen-bond acceptors (Lipinski definition) is 4. The number of terminal acetylenes is 1. The molecule has 5 atom stereocenters. The maximum Gasteiger partial charge on any atom is 0.323 e. The van der Waals surface area contributed by atoms with E-state index in [9.17, 15) is 14.7 Å². The molecule has 0 radical (unpaired) electrons. The van der Waals surface area contributed by atoms with Crippen molar-refractivity contribution in [2.45, 2.75) is 62.9 Å². The minimum Gasteiger partial charge on any atom is -0.480 e. The number of nitrogens with zero attached hydrogens (tertiary/aromatic N) is 1. The van der Waals surface area contributed by atoms with Crippen LogP contribution in [0.1, 0.15) is 62.8 Å². The van der Waals surface area contributed by atoms with E-state index >= 15 is 0 Å². The van der Waals surface area contributed by atoms with Gasteiger partial charge >= 0.3 is 5.97 Å². The summed E-state index contributed by atoms with van der Waals surface area (Å²) in [6, 6.07) is 8.22. The molecule has 2 saturated carbocycles. The van der Waals surface area contributed by atoms with E-state index in [0.717, 1.165) is 44.2 Å². The fourth-order valence-corrected chi connectivity index (χ4v) is 7.34. The lowest BCUT2D eigenvalue weighted by Crippen LogP contribution is -2.43. The molecule has 1 aromatic carbocycles. The molecule has 34 heavy (non-hydrogen) atoms. The zero-order chi connectivity index (χ0) is 24.0. The Morgan fingerprint density at radius 2 is 1.97 bits per heavy atom. The van der Waals surface area contributed by atoms with Crippen molar-refractivity contribution >= 4 is 17.4 Å². The van der Waals surface area contributed by atoms with Gasteiger partial charge in [0.05, 0.1) is 5.60 Å². The van der Waals surface area contributed by atoms with Crippen molar-refractivity contribution in [1.82, 2.24) is 0 Å². The molecule has 4 unspecified atom stereocenters. The van der Waals surface area contributed by atoms with Crippen molar-refractivity contribution in [3.8, 4) is 12.3 Å². The Labute approximate surface area is 201 Å². The maximum absolute atomic E-state index is 12.1. The van der Waals surface area contributed by atoms with Crippen LogP contribution in [0, 0.1) is 30.1 Å². The number of rotatable bonds is 5. The van der Waals surface area contributed by atoms with E-state index in [-0.39, 0.29) is 24.2 Å². The number of fused-ring (bicyclic) bond motifs is 4. The third-order valence-electron chi connectivity index (χ3n) is 8.83. The number of hydrogen-bond donors (Lipinski definition) is 2. The SMILES string of the molecule is C#CC[C@]1(O)CCC2C3CCC4=CC(=O)CCC4=C3C(c3ccc(N(C)CC(=O)O)cc3)CC21. The molecule has 5 heteroatoms. The zero-order valence-corrected chi connectivity index (χ0v) is 19.8. The predicted molar refractivity (Wildman–Crippen MR) is 131 cm³/mol. The van der Waals surface area contributed by atoms with Gasteiger partial charge in [0.15, 0.2) is 5.78 Å². The fraction of sp³-hybridized carbons (Fsp3) is 0.517. The quantitative estimate of drug-likeness (QED) is 0.635. The van der Waals surface area contributed by atoms with Crippen LogP contribution in [0.15, 0.2) is 47.1 Å². The molecule has 5 nitrogen and oxygen atoms in total. The number of ketones is 1. The van der Waals surface area contributed by atoms with Crippen molar-refractivity contribution in [1.29, 1.82) is 0 Å². The van der Waals surface area contributed by atoms with Crippen molar-refractivity contribution in [3.63, 3.8) is 0 Å². The number of carbonyl (C=O) groups excluding carboxylic acids is 1. The zero-order valence-electron chi connectivity index (χ0n) is 19.8. The van der Waals surface area contributed by atoms with E-state index in [1.807, 2.05) is 18.2 Å². The summed E-state index contributed by atoms with van der Waals surface area (Å²) >= 11 is 0. The predicted octanol–water partition coefficient (Wildman–Crippen LogP) is 4.47. The minimum absolute atomic E-state index is 0.0504. The monoisotopic (exact) mass is 459 g/mol. The van der Waals surface area contributed by atoms with Crippen molar-refractivity contribution in [2.75, 3.05) is 18.5 Å². The van der Waals surface area contributed by atoms with Crippen LogP contribution in [0.3, 0.4) is 0 Å². The van der Waals surface area contributed by atoms with Gasteiger partial charge in [-0.05, 0) is 91.2 Å². The van der Waals surface area contributed by atoms with Crippen LogP contribution in [0.2, 0.25) is 0 Å². The van der Waals surface area contributed by atoms with Crippen molar-refractivity contribution < 1.29 is 19.8 Å². The Hall–Kier alpha value is -2.84. The summed E-state index contributed by atoms with van der Waals surface area (Å²) in [5.74, 6) is 3.33. The van der Waals surface area contributed by atoms with Crippen LogP contribution in [-0.2, 0) is 9.59 Å². The molecule has 2 N–H and O–H groups in total. The number of aliphatic hydroxyl groups is 1. The molecular formula is C29H33NO4. The second-order valence-electron chi connectivity index (χ2n) is 10.6. The summed E-state index contributed by atoms with van der Waals surface area (Å²) in [4.78, 5) is 25.0. The van der Waals surface area contributed by atoms with Crippen molar-refractivity contribution in [3.05, 3.63) is 52.6 Å². The molecule has 0 spiro atoms. The lowest BCUT2D eigenvalue weighted by Gasteiger charge is -2.48. The highest BCUT2D eigenvalue weighted by Gasteiger charge is 2.55. The topological polar surface area (TPSA) is 77.8 Å². The molecule has 0 aromatic heterocycles. The highest BCUT2D eigenvalue weighted by atomic mass is 16.4. The molecule has 4 aliphatic rings. The van der Waals surface area contributed by atoms with Gasteiger partial charge in [0, 0.05) is 31.5 Å². The summed E-state index contributed by atoms with van der Waals surface area (Å²) in [6.07, 6.45) is 13.9. The number of anilines is 1. The first-order valence-corrected chi connectivity index (χ1v) is 12.5. The van der Waals surface area contributed by atoms with Crippen LogP contribution in [-0.4, -0.2) is 41.2 Å². The summed E-state index contributed by atoms with van der Waals surface area (Å²) < 4.78 is 0. The smallest absolute Gasteiger partial charge is 0.323 e. The Bertz CT molecular complexity index is 1110. The number of likely N-dealkylation sites (N-methyl/N-ethyl adjacent to an activating group) is 1. The van der Waals surface area contributed by atoms with Crippen molar-refractivity contribution in [2.24, 2.45) is 17.8 Å². The third kappa shape index (κ3) is 3.88. The Kier molecular flexibility index (Phi) is 5.90. The third-order valence-corrected chi connectivity index (χ3v) is 8.83. The molecule has 2 fully saturated rings. The van der Waals surface area contributed by atoms with E-state index in [1.165, 1.54) is 22.3 Å².